The molecule has 0 unspecified atom stereocenters. The number of carbonyl (C=O) groups is 1. The van der Waals surface area contributed by atoms with Crippen molar-refractivity contribution in [1.29, 1.82) is 0 Å². The van der Waals surface area contributed by atoms with E-state index >= 15 is 0 Å². The predicted octanol–water partition coefficient (Wildman–Crippen LogP) is 0.961. The summed E-state index contributed by atoms with van der Waals surface area (Å²) in [6, 6.07) is -0.0463. The van der Waals surface area contributed by atoms with Crippen molar-refractivity contribution in [3.63, 3.8) is 0 Å². The molecule has 1 heterocycles. The molecule has 1 rings (SSSR count). The Morgan fingerprint density at radius 2 is 1.50 bits per heavy atom. The van der Waals surface area contributed by atoms with Crippen LogP contribution in [0.3, 0.4) is 0 Å². The fourth-order valence-electron chi connectivity index (χ4n) is 0.415. The molecule has 1 aliphatic rings. The molecule has 0 bridgehead atoms. The number of amides is 2. The van der Waals surface area contributed by atoms with Crippen LogP contribution in [0.4, 0.5) is 4.79 Å². The summed E-state index contributed by atoms with van der Waals surface area (Å²) in [7, 11) is 0. The van der Waals surface area contributed by atoms with E-state index in [2.05, 4.69) is 31.4 Å². The van der Waals surface area contributed by atoms with E-state index in [1.165, 1.54) is 0 Å². The molecule has 0 aromatic carbocycles. The van der Waals surface area contributed by atoms with E-state index in [4.69, 9.17) is 0 Å². The standard InChI is InChI=1S/C4H10.C3H6N2O/c1-4(2)3;6-3-4-1-2-5-3/h4H,1-3H3;1-2H2,(H2,4,5,6). The van der Waals surface area contributed by atoms with E-state index in [0.29, 0.717) is 0 Å². The second-order valence-corrected chi connectivity index (χ2v) is 2.91. The number of nitrogens with one attached hydrogen (secondary N) is 2. The minimum Gasteiger partial charge on any atom is -0.336 e. The Bertz CT molecular complexity index is 91.0. The second kappa shape index (κ2) is 5.09. The highest BCUT2D eigenvalue weighted by atomic mass is 16.2. The molecule has 0 aromatic rings. The van der Waals surface area contributed by atoms with Gasteiger partial charge in [-0.1, -0.05) is 20.8 Å². The van der Waals surface area contributed by atoms with Gasteiger partial charge in [-0.15, -0.1) is 0 Å². The maximum Gasteiger partial charge on any atom is 0.314 e. The van der Waals surface area contributed by atoms with Crippen molar-refractivity contribution in [3.8, 4) is 0 Å². The number of carbonyl (C=O) groups excluding carboxylic acids is 1. The largest absolute Gasteiger partial charge is 0.336 e. The lowest BCUT2D eigenvalue weighted by Crippen LogP contribution is -2.20. The zero-order chi connectivity index (χ0) is 7.98. The normalized spacial score (nSPS) is 15.4. The van der Waals surface area contributed by atoms with Crippen molar-refractivity contribution < 1.29 is 4.79 Å². The van der Waals surface area contributed by atoms with E-state index in [1.54, 1.807) is 0 Å². The summed E-state index contributed by atoms with van der Waals surface area (Å²) < 4.78 is 0. The first kappa shape index (κ1) is 9.27. The van der Waals surface area contributed by atoms with Crippen LogP contribution in [0.1, 0.15) is 20.8 Å². The van der Waals surface area contributed by atoms with Crippen molar-refractivity contribution >= 4 is 6.03 Å². The molecule has 0 saturated carbocycles. The third-order valence-electron chi connectivity index (χ3n) is 0.696. The summed E-state index contributed by atoms with van der Waals surface area (Å²) in [4.78, 5) is 10.0. The zero-order valence-corrected chi connectivity index (χ0v) is 6.90. The molecule has 1 fully saturated rings. The molecule has 0 spiro atoms. The topological polar surface area (TPSA) is 41.1 Å². The highest BCUT2D eigenvalue weighted by Crippen LogP contribution is 1.81. The van der Waals surface area contributed by atoms with Crippen LogP contribution in [0.25, 0.3) is 0 Å². The Morgan fingerprint density at radius 3 is 1.60 bits per heavy atom. The van der Waals surface area contributed by atoms with Gasteiger partial charge in [0.1, 0.15) is 0 Å². The van der Waals surface area contributed by atoms with Gasteiger partial charge in [0.15, 0.2) is 0 Å². The maximum absolute atomic E-state index is 10.0. The van der Waals surface area contributed by atoms with E-state index in [0.717, 1.165) is 19.0 Å². The SMILES string of the molecule is CC(C)C.O=C1NCCN1. The van der Waals surface area contributed by atoms with Crippen LogP contribution in [0.15, 0.2) is 0 Å². The number of hydrogen-bond acceptors (Lipinski definition) is 1. The van der Waals surface area contributed by atoms with E-state index in [1.807, 2.05) is 0 Å². The molecule has 0 atom stereocenters. The van der Waals surface area contributed by atoms with Gasteiger partial charge in [-0.05, 0) is 5.92 Å². The minimum absolute atomic E-state index is 0.0463. The van der Waals surface area contributed by atoms with Crippen LogP contribution in [0.2, 0.25) is 0 Å². The maximum atomic E-state index is 10.0. The molecule has 60 valence electrons. The molecule has 3 nitrogen and oxygen atoms in total. The number of hydrogen-bond donors (Lipinski definition) is 2. The van der Waals surface area contributed by atoms with Crippen LogP contribution in [0.5, 0.6) is 0 Å². The highest BCUT2D eigenvalue weighted by Gasteiger charge is 2.02. The highest BCUT2D eigenvalue weighted by molar-refractivity contribution is 5.75. The van der Waals surface area contributed by atoms with Gasteiger partial charge in [0.2, 0.25) is 0 Å². The predicted molar refractivity (Wildman–Crippen MR) is 41.9 cm³/mol. The van der Waals surface area contributed by atoms with Gasteiger partial charge in [-0.25, -0.2) is 4.79 Å². The summed E-state index contributed by atoms with van der Waals surface area (Å²) in [6.45, 7) is 8.05. The molecule has 0 radical (unpaired) electrons. The lowest BCUT2D eigenvalue weighted by Gasteiger charge is -1.80. The summed E-state index contributed by atoms with van der Waals surface area (Å²) in [5.41, 5.74) is 0. The quantitative estimate of drug-likeness (QED) is 0.522. The lowest BCUT2D eigenvalue weighted by molar-refractivity contribution is 0.248. The number of rotatable bonds is 0. The summed E-state index contributed by atoms with van der Waals surface area (Å²) in [6.07, 6.45) is 0. The van der Waals surface area contributed by atoms with Crippen molar-refractivity contribution in [2.24, 2.45) is 5.92 Å². The third kappa shape index (κ3) is 7.27. The Labute approximate surface area is 62.2 Å². The van der Waals surface area contributed by atoms with E-state index in [-0.39, 0.29) is 6.03 Å². The third-order valence-corrected chi connectivity index (χ3v) is 0.696. The van der Waals surface area contributed by atoms with E-state index in [9.17, 15) is 4.79 Å². The molecule has 3 heteroatoms. The van der Waals surface area contributed by atoms with Crippen LogP contribution >= 0.6 is 0 Å². The summed E-state index contributed by atoms with van der Waals surface area (Å²) >= 11 is 0. The van der Waals surface area contributed by atoms with Crippen LogP contribution in [0, 0.1) is 5.92 Å². The zero-order valence-electron chi connectivity index (χ0n) is 6.90. The first-order chi connectivity index (χ1) is 4.63. The van der Waals surface area contributed by atoms with Crippen molar-refractivity contribution in [3.05, 3.63) is 0 Å². The Kier molecular flexibility index (Phi) is 4.72. The number of urea groups is 1. The summed E-state index contributed by atoms with van der Waals surface area (Å²) in [5.74, 6) is 0.833. The van der Waals surface area contributed by atoms with Crippen molar-refractivity contribution in [2.75, 3.05) is 13.1 Å². The van der Waals surface area contributed by atoms with Crippen molar-refractivity contribution in [1.82, 2.24) is 10.6 Å². The van der Waals surface area contributed by atoms with E-state index < -0.39 is 0 Å². The fourth-order valence-corrected chi connectivity index (χ4v) is 0.415. The van der Waals surface area contributed by atoms with Gasteiger partial charge in [-0.3, -0.25) is 0 Å². The Balaban J connectivity index is 0.000000180. The molecule has 0 aliphatic carbocycles. The fraction of sp³-hybridized carbons (Fsp3) is 0.857. The molecular formula is C7H16N2O. The minimum atomic E-state index is -0.0463. The lowest BCUT2D eigenvalue weighted by atomic mass is 10.3. The molecular weight excluding hydrogens is 128 g/mol. The molecule has 0 aromatic heterocycles. The average Bonchev–Trinajstić information content (AvgIpc) is 2.15. The smallest absolute Gasteiger partial charge is 0.314 e. The first-order valence-corrected chi connectivity index (χ1v) is 3.64. The molecule has 10 heavy (non-hydrogen) atoms. The van der Waals surface area contributed by atoms with Crippen LogP contribution in [-0.4, -0.2) is 19.1 Å². The van der Waals surface area contributed by atoms with Gasteiger partial charge in [0.25, 0.3) is 0 Å². The van der Waals surface area contributed by atoms with Gasteiger partial charge >= 0.3 is 6.03 Å². The Morgan fingerprint density at radius 1 is 1.20 bits per heavy atom. The van der Waals surface area contributed by atoms with Crippen LogP contribution in [-0.2, 0) is 0 Å². The monoisotopic (exact) mass is 144 g/mol. The van der Waals surface area contributed by atoms with Crippen molar-refractivity contribution in [2.45, 2.75) is 20.8 Å². The molecule has 2 N–H and O–H groups in total. The van der Waals surface area contributed by atoms with Gasteiger partial charge in [-0.2, -0.15) is 0 Å². The molecule has 2 amide bonds. The molecule has 1 aliphatic heterocycles. The summed E-state index contributed by atoms with van der Waals surface area (Å²) in [5, 5.41) is 5.14. The van der Waals surface area contributed by atoms with Gasteiger partial charge < -0.3 is 10.6 Å². The first-order valence-electron chi connectivity index (χ1n) is 3.64. The molecule has 1 saturated heterocycles. The van der Waals surface area contributed by atoms with Crippen LogP contribution < -0.4 is 10.6 Å². The second-order valence-electron chi connectivity index (χ2n) is 2.91. The Hall–Kier alpha value is -0.730. The van der Waals surface area contributed by atoms with Gasteiger partial charge in [0, 0.05) is 13.1 Å². The average molecular weight is 144 g/mol. The van der Waals surface area contributed by atoms with Gasteiger partial charge in [0.05, 0.1) is 0 Å².